The van der Waals surface area contributed by atoms with E-state index in [0.717, 1.165) is 28.5 Å². The smallest absolute Gasteiger partial charge is 0.227 e. The molecule has 4 bridgehead atoms. The summed E-state index contributed by atoms with van der Waals surface area (Å²) >= 11 is 0. The van der Waals surface area contributed by atoms with Crippen LogP contribution < -0.4 is 0 Å². The number of nitrogens with zero attached hydrogens (tertiary/aromatic N) is 2. The van der Waals surface area contributed by atoms with Gasteiger partial charge in [0.25, 0.3) is 0 Å². The van der Waals surface area contributed by atoms with E-state index in [4.69, 9.17) is 4.42 Å². The second-order valence-corrected chi connectivity index (χ2v) is 10.9. The molecule has 30 heavy (non-hydrogen) atoms. The summed E-state index contributed by atoms with van der Waals surface area (Å²) < 4.78 is 6.51. The molecule has 1 aromatic carbocycles. The molecule has 5 unspecified atom stereocenters. The topological polar surface area (TPSA) is 29.3 Å². The number of fused-ring (bicyclic) bond motifs is 3. The molecule has 0 radical (unpaired) electrons. The third-order valence-corrected chi connectivity index (χ3v) is 9.78. The summed E-state index contributed by atoms with van der Waals surface area (Å²) in [6.07, 6.45) is 13.2. The van der Waals surface area contributed by atoms with Gasteiger partial charge in [-0.05, 0) is 75.5 Å². The lowest BCUT2D eigenvalue weighted by Gasteiger charge is -2.71. The largest absolute Gasteiger partial charge is 0.437 e. The third-order valence-electron chi connectivity index (χ3n) is 9.78. The molecule has 3 aromatic rings. The SMILES string of the molecule is Cc1ccc2c(oc3ncccc32)c1C12CC3CC(C1)C1(CCCCC1)N(C3)C2C. The van der Waals surface area contributed by atoms with Crippen molar-refractivity contribution in [1.29, 1.82) is 0 Å². The Kier molecular flexibility index (Phi) is 3.48. The average Bonchev–Trinajstić information content (AvgIpc) is 3.13. The van der Waals surface area contributed by atoms with Crippen LogP contribution in [0.2, 0.25) is 0 Å². The van der Waals surface area contributed by atoms with Crippen LogP contribution in [-0.4, -0.2) is 28.0 Å². The molecule has 3 nitrogen and oxygen atoms in total. The predicted molar refractivity (Wildman–Crippen MR) is 121 cm³/mol. The zero-order chi connectivity index (χ0) is 20.1. The van der Waals surface area contributed by atoms with Gasteiger partial charge in [0.1, 0.15) is 5.58 Å². The van der Waals surface area contributed by atoms with E-state index in [-0.39, 0.29) is 5.41 Å². The number of aryl methyl sites for hydroxylation is 1. The van der Waals surface area contributed by atoms with Crippen molar-refractivity contribution in [2.45, 2.75) is 82.2 Å². The van der Waals surface area contributed by atoms with Crippen LogP contribution in [0.4, 0.5) is 0 Å². The third kappa shape index (κ3) is 2.03. The van der Waals surface area contributed by atoms with Crippen molar-refractivity contribution < 1.29 is 4.42 Å². The highest BCUT2D eigenvalue weighted by Crippen LogP contribution is 2.64. The van der Waals surface area contributed by atoms with Crippen LogP contribution in [0, 0.1) is 18.8 Å². The number of pyridine rings is 1. The van der Waals surface area contributed by atoms with Crippen molar-refractivity contribution in [1.82, 2.24) is 9.88 Å². The number of aromatic nitrogens is 1. The summed E-state index contributed by atoms with van der Waals surface area (Å²) in [7, 11) is 0. The maximum absolute atomic E-state index is 6.51. The lowest BCUT2D eigenvalue weighted by molar-refractivity contribution is -0.182. The van der Waals surface area contributed by atoms with Crippen LogP contribution in [0.5, 0.6) is 0 Å². The van der Waals surface area contributed by atoms with Crippen LogP contribution in [0.1, 0.15) is 69.4 Å². The van der Waals surface area contributed by atoms with Gasteiger partial charge in [-0.2, -0.15) is 0 Å². The van der Waals surface area contributed by atoms with E-state index in [1.54, 1.807) is 0 Å². The first-order valence-electron chi connectivity index (χ1n) is 12.2. The normalized spacial score (nSPS) is 36.9. The Morgan fingerprint density at radius 2 is 1.93 bits per heavy atom. The van der Waals surface area contributed by atoms with Crippen LogP contribution in [0.25, 0.3) is 22.1 Å². The number of rotatable bonds is 1. The Bertz CT molecular complexity index is 1160. The summed E-state index contributed by atoms with van der Waals surface area (Å²) in [5.41, 5.74) is 5.56. The lowest BCUT2D eigenvalue weighted by atomic mass is 9.46. The van der Waals surface area contributed by atoms with Gasteiger partial charge in [-0.3, -0.25) is 4.90 Å². The van der Waals surface area contributed by atoms with Crippen molar-refractivity contribution in [2.75, 3.05) is 6.54 Å². The first-order chi connectivity index (χ1) is 14.6. The fraction of sp³-hybridized carbons (Fsp3) is 0.593. The predicted octanol–water partition coefficient (Wildman–Crippen LogP) is 6.36. The highest BCUT2D eigenvalue weighted by molar-refractivity contribution is 6.05. The van der Waals surface area contributed by atoms with Gasteiger partial charge in [-0.25, -0.2) is 4.98 Å². The van der Waals surface area contributed by atoms with Crippen molar-refractivity contribution in [3.05, 3.63) is 41.6 Å². The summed E-state index contributed by atoms with van der Waals surface area (Å²) in [4.78, 5) is 7.56. The van der Waals surface area contributed by atoms with Crippen molar-refractivity contribution >= 4 is 22.1 Å². The molecule has 2 aromatic heterocycles. The monoisotopic (exact) mass is 400 g/mol. The number of benzene rings is 1. The molecule has 2 aliphatic carbocycles. The lowest BCUT2D eigenvalue weighted by Crippen LogP contribution is -2.75. The van der Waals surface area contributed by atoms with E-state index in [1.807, 2.05) is 12.3 Å². The summed E-state index contributed by atoms with van der Waals surface area (Å²) in [6.45, 7) is 6.19. The molecule has 5 atom stereocenters. The van der Waals surface area contributed by atoms with Gasteiger partial charge in [0, 0.05) is 46.1 Å². The minimum atomic E-state index is 0.228. The molecule has 5 aliphatic rings. The highest BCUT2D eigenvalue weighted by atomic mass is 16.3. The molecule has 156 valence electrons. The van der Waals surface area contributed by atoms with E-state index in [1.165, 1.54) is 74.4 Å². The van der Waals surface area contributed by atoms with Crippen LogP contribution in [0.3, 0.4) is 0 Å². The van der Waals surface area contributed by atoms with E-state index >= 15 is 0 Å². The number of hydrogen-bond acceptors (Lipinski definition) is 3. The fourth-order valence-electron chi connectivity index (χ4n) is 8.70. The highest BCUT2D eigenvalue weighted by Gasteiger charge is 2.65. The van der Waals surface area contributed by atoms with Crippen LogP contribution in [0.15, 0.2) is 34.9 Å². The van der Waals surface area contributed by atoms with Gasteiger partial charge in [0.15, 0.2) is 0 Å². The standard InChI is InChI=1S/C27H32N2O/c1-17-8-9-21-22-7-6-12-28-25(22)30-24(21)23(17)26-14-19-13-20(15-26)27(10-4-3-5-11-27)29(16-19)18(26)2/h6-9,12,18-20H,3-5,10-11,13-16H2,1-2H3. The van der Waals surface area contributed by atoms with Gasteiger partial charge in [-0.1, -0.05) is 31.4 Å². The Labute approximate surface area is 178 Å². The van der Waals surface area contributed by atoms with Gasteiger partial charge in [-0.15, -0.1) is 0 Å². The van der Waals surface area contributed by atoms with Crippen LogP contribution in [-0.2, 0) is 5.41 Å². The molecule has 5 heterocycles. The Morgan fingerprint density at radius 1 is 1.07 bits per heavy atom. The molecule has 3 heteroatoms. The van der Waals surface area contributed by atoms with Gasteiger partial charge in [0.2, 0.25) is 5.71 Å². The molecule has 3 saturated heterocycles. The van der Waals surface area contributed by atoms with E-state index in [0.29, 0.717) is 11.6 Å². The molecular formula is C27H32N2O. The summed E-state index contributed by atoms with van der Waals surface area (Å²) in [6, 6.07) is 9.39. The molecule has 2 saturated carbocycles. The Hall–Kier alpha value is -1.87. The Morgan fingerprint density at radius 3 is 2.80 bits per heavy atom. The molecule has 0 amide bonds. The average molecular weight is 401 g/mol. The summed E-state index contributed by atoms with van der Waals surface area (Å²) in [5.74, 6) is 1.71. The minimum absolute atomic E-state index is 0.228. The van der Waals surface area contributed by atoms with Crippen molar-refractivity contribution in [3.8, 4) is 0 Å². The van der Waals surface area contributed by atoms with Crippen LogP contribution >= 0.6 is 0 Å². The number of furan rings is 1. The van der Waals surface area contributed by atoms with Gasteiger partial charge >= 0.3 is 0 Å². The zero-order valence-corrected chi connectivity index (χ0v) is 18.3. The minimum Gasteiger partial charge on any atom is -0.437 e. The molecule has 0 N–H and O–H groups in total. The second-order valence-electron chi connectivity index (χ2n) is 10.9. The first-order valence-corrected chi connectivity index (χ1v) is 12.2. The second kappa shape index (κ2) is 5.88. The molecule has 1 spiro atoms. The fourth-order valence-corrected chi connectivity index (χ4v) is 8.70. The summed E-state index contributed by atoms with van der Waals surface area (Å²) in [5, 5.41) is 2.42. The number of hydrogen-bond donors (Lipinski definition) is 0. The van der Waals surface area contributed by atoms with Gasteiger partial charge < -0.3 is 4.42 Å². The Balaban J connectivity index is 1.45. The van der Waals surface area contributed by atoms with Crippen molar-refractivity contribution in [2.24, 2.45) is 11.8 Å². The van der Waals surface area contributed by atoms with E-state index in [2.05, 4.69) is 41.9 Å². The quantitative estimate of drug-likeness (QED) is 0.476. The molecule has 5 fully saturated rings. The maximum Gasteiger partial charge on any atom is 0.227 e. The molecule has 8 rings (SSSR count). The van der Waals surface area contributed by atoms with E-state index in [9.17, 15) is 0 Å². The maximum atomic E-state index is 6.51. The zero-order valence-electron chi connectivity index (χ0n) is 18.3. The van der Waals surface area contributed by atoms with Gasteiger partial charge in [0.05, 0.1) is 0 Å². The molecule has 3 aliphatic heterocycles. The first kappa shape index (κ1) is 17.8. The molecular weight excluding hydrogens is 368 g/mol. The van der Waals surface area contributed by atoms with E-state index < -0.39 is 0 Å². The number of piperidine rings is 3. The van der Waals surface area contributed by atoms with Crippen molar-refractivity contribution in [3.63, 3.8) is 0 Å².